The van der Waals surface area contributed by atoms with E-state index in [4.69, 9.17) is 16.3 Å². The fourth-order valence-electron chi connectivity index (χ4n) is 3.07. The molecular formula is C20H19ClF3NO2. The number of carbonyl (C=O) groups is 1. The number of benzene rings is 2. The Labute approximate surface area is 160 Å². The van der Waals surface area contributed by atoms with Gasteiger partial charge in [0.25, 0.3) is 5.91 Å². The highest BCUT2D eigenvalue weighted by molar-refractivity contribution is 6.30. The molecule has 3 nitrogen and oxygen atoms in total. The van der Waals surface area contributed by atoms with Crippen molar-refractivity contribution in [3.05, 3.63) is 58.6 Å². The summed E-state index contributed by atoms with van der Waals surface area (Å²) in [6, 6.07) is 9.25. The smallest absolute Gasteiger partial charge is 0.416 e. The normalized spacial score (nSPS) is 15.4. The third kappa shape index (κ3) is 5.16. The molecule has 0 heterocycles. The minimum atomic E-state index is -4.51. The van der Waals surface area contributed by atoms with E-state index in [2.05, 4.69) is 5.32 Å². The van der Waals surface area contributed by atoms with E-state index in [0.717, 1.165) is 44.2 Å². The first-order valence-corrected chi connectivity index (χ1v) is 9.15. The quantitative estimate of drug-likeness (QED) is 0.655. The zero-order valence-electron chi connectivity index (χ0n) is 14.5. The molecule has 0 unspecified atom stereocenters. The first-order valence-electron chi connectivity index (χ1n) is 8.78. The van der Waals surface area contributed by atoms with Gasteiger partial charge in [-0.3, -0.25) is 4.79 Å². The molecule has 3 rings (SSSR count). The average Bonchev–Trinajstić information content (AvgIpc) is 2.63. The van der Waals surface area contributed by atoms with E-state index >= 15 is 0 Å². The van der Waals surface area contributed by atoms with Crippen molar-refractivity contribution in [1.29, 1.82) is 0 Å². The molecule has 0 saturated heterocycles. The third-order valence-electron chi connectivity index (χ3n) is 4.51. The van der Waals surface area contributed by atoms with Gasteiger partial charge in [-0.05, 0) is 68.1 Å². The molecule has 1 amide bonds. The van der Waals surface area contributed by atoms with Crippen LogP contribution in [0.5, 0.6) is 5.75 Å². The molecule has 7 heteroatoms. The SMILES string of the molecule is O=C(Nc1cc(C(F)(F)F)ccc1OC1CCCCC1)c1ccc(Cl)cc1. The number of alkyl halides is 3. The second kappa shape index (κ2) is 8.21. The van der Waals surface area contributed by atoms with Gasteiger partial charge in [-0.1, -0.05) is 18.0 Å². The van der Waals surface area contributed by atoms with Gasteiger partial charge < -0.3 is 10.1 Å². The number of carbonyl (C=O) groups excluding carboxylic acids is 1. The van der Waals surface area contributed by atoms with E-state index in [9.17, 15) is 18.0 Å². The summed E-state index contributed by atoms with van der Waals surface area (Å²) in [5, 5.41) is 3.01. The van der Waals surface area contributed by atoms with E-state index in [1.165, 1.54) is 18.2 Å². The zero-order chi connectivity index (χ0) is 19.4. The van der Waals surface area contributed by atoms with Gasteiger partial charge in [0.15, 0.2) is 0 Å². The van der Waals surface area contributed by atoms with Gasteiger partial charge >= 0.3 is 6.18 Å². The van der Waals surface area contributed by atoms with Crippen molar-refractivity contribution in [2.24, 2.45) is 0 Å². The van der Waals surface area contributed by atoms with Crippen molar-refractivity contribution in [2.75, 3.05) is 5.32 Å². The molecule has 2 aromatic carbocycles. The summed E-state index contributed by atoms with van der Waals surface area (Å²) >= 11 is 5.80. The molecular weight excluding hydrogens is 379 g/mol. The Kier molecular flexibility index (Phi) is 5.95. The molecule has 2 aromatic rings. The van der Waals surface area contributed by atoms with Crippen LogP contribution < -0.4 is 10.1 Å². The van der Waals surface area contributed by atoms with E-state index < -0.39 is 17.6 Å². The summed E-state index contributed by atoms with van der Waals surface area (Å²) in [5.41, 5.74) is -0.541. The van der Waals surface area contributed by atoms with Crippen LogP contribution in [0.25, 0.3) is 0 Å². The fourth-order valence-corrected chi connectivity index (χ4v) is 3.19. The number of hydrogen-bond acceptors (Lipinski definition) is 2. The van der Waals surface area contributed by atoms with Gasteiger partial charge in [0.1, 0.15) is 5.75 Å². The molecule has 0 aromatic heterocycles. The van der Waals surface area contributed by atoms with E-state index in [1.807, 2.05) is 0 Å². The molecule has 0 bridgehead atoms. The Bertz CT molecular complexity index is 800. The maximum atomic E-state index is 13.1. The number of anilines is 1. The summed E-state index contributed by atoms with van der Waals surface area (Å²) in [6.45, 7) is 0. The highest BCUT2D eigenvalue weighted by Gasteiger charge is 2.31. The van der Waals surface area contributed by atoms with E-state index in [0.29, 0.717) is 10.6 Å². The topological polar surface area (TPSA) is 38.3 Å². The number of hydrogen-bond donors (Lipinski definition) is 1. The zero-order valence-corrected chi connectivity index (χ0v) is 15.2. The van der Waals surface area contributed by atoms with Crippen LogP contribution in [-0.4, -0.2) is 12.0 Å². The highest BCUT2D eigenvalue weighted by atomic mass is 35.5. The second-order valence-corrected chi connectivity index (χ2v) is 6.98. The van der Waals surface area contributed by atoms with Crippen LogP contribution in [0, 0.1) is 0 Å². The van der Waals surface area contributed by atoms with Crippen LogP contribution in [0.4, 0.5) is 18.9 Å². The van der Waals surface area contributed by atoms with Crippen molar-refractivity contribution >= 4 is 23.2 Å². The molecule has 27 heavy (non-hydrogen) atoms. The van der Waals surface area contributed by atoms with Gasteiger partial charge in [0.05, 0.1) is 17.4 Å². The van der Waals surface area contributed by atoms with E-state index in [1.54, 1.807) is 12.1 Å². The Morgan fingerprint density at radius 1 is 1.04 bits per heavy atom. The number of nitrogens with one attached hydrogen (secondary N) is 1. The first-order chi connectivity index (χ1) is 12.8. The largest absolute Gasteiger partial charge is 0.488 e. The predicted molar refractivity (Wildman–Crippen MR) is 98.4 cm³/mol. The molecule has 1 fully saturated rings. The Morgan fingerprint density at radius 3 is 2.33 bits per heavy atom. The van der Waals surface area contributed by atoms with Crippen LogP contribution >= 0.6 is 11.6 Å². The Hall–Kier alpha value is -2.21. The van der Waals surface area contributed by atoms with Crippen molar-refractivity contribution in [2.45, 2.75) is 44.4 Å². The van der Waals surface area contributed by atoms with Crippen molar-refractivity contribution in [1.82, 2.24) is 0 Å². The van der Waals surface area contributed by atoms with Crippen LogP contribution in [0.2, 0.25) is 5.02 Å². The van der Waals surface area contributed by atoms with Crippen LogP contribution in [-0.2, 0) is 6.18 Å². The van der Waals surface area contributed by atoms with Crippen LogP contribution in [0.3, 0.4) is 0 Å². The lowest BCUT2D eigenvalue weighted by molar-refractivity contribution is -0.137. The predicted octanol–water partition coefficient (Wildman–Crippen LogP) is 6.32. The molecule has 0 radical (unpaired) electrons. The van der Waals surface area contributed by atoms with E-state index in [-0.39, 0.29) is 17.5 Å². The summed E-state index contributed by atoms with van der Waals surface area (Å²) in [7, 11) is 0. The lowest BCUT2D eigenvalue weighted by atomic mass is 9.98. The minimum Gasteiger partial charge on any atom is -0.488 e. The Balaban J connectivity index is 1.86. The molecule has 1 N–H and O–H groups in total. The molecule has 1 aliphatic rings. The molecule has 0 aliphatic heterocycles. The van der Waals surface area contributed by atoms with Gasteiger partial charge in [-0.2, -0.15) is 13.2 Å². The standard InChI is InChI=1S/C20H19ClF3NO2/c21-15-9-6-13(7-10-15)19(26)25-17-12-14(20(22,23)24)8-11-18(17)27-16-4-2-1-3-5-16/h6-12,16H,1-5H2,(H,25,26). The fraction of sp³-hybridized carbons (Fsp3) is 0.350. The number of rotatable bonds is 4. The lowest BCUT2D eigenvalue weighted by Crippen LogP contribution is -2.21. The lowest BCUT2D eigenvalue weighted by Gasteiger charge is -2.25. The van der Waals surface area contributed by atoms with Gasteiger partial charge in [0.2, 0.25) is 0 Å². The second-order valence-electron chi connectivity index (χ2n) is 6.55. The summed E-state index contributed by atoms with van der Waals surface area (Å²) in [5.74, 6) is -0.281. The van der Waals surface area contributed by atoms with Gasteiger partial charge in [0, 0.05) is 10.6 Å². The van der Waals surface area contributed by atoms with Crippen molar-refractivity contribution in [3.63, 3.8) is 0 Å². The van der Waals surface area contributed by atoms with Crippen molar-refractivity contribution in [3.8, 4) is 5.75 Å². The number of amides is 1. The van der Waals surface area contributed by atoms with Crippen LogP contribution in [0.15, 0.2) is 42.5 Å². The Morgan fingerprint density at radius 2 is 1.70 bits per heavy atom. The molecule has 0 atom stereocenters. The molecule has 1 aliphatic carbocycles. The van der Waals surface area contributed by atoms with Gasteiger partial charge in [-0.25, -0.2) is 0 Å². The monoisotopic (exact) mass is 397 g/mol. The van der Waals surface area contributed by atoms with Gasteiger partial charge in [-0.15, -0.1) is 0 Å². The highest BCUT2D eigenvalue weighted by Crippen LogP contribution is 2.36. The number of ether oxygens (including phenoxy) is 1. The number of halogens is 4. The van der Waals surface area contributed by atoms with Crippen LogP contribution in [0.1, 0.15) is 48.0 Å². The third-order valence-corrected chi connectivity index (χ3v) is 4.76. The summed E-state index contributed by atoms with van der Waals surface area (Å²) in [6.07, 6.45) is 0.324. The minimum absolute atomic E-state index is 0.00958. The maximum Gasteiger partial charge on any atom is 0.416 e. The summed E-state index contributed by atoms with van der Waals surface area (Å²) < 4.78 is 45.2. The average molecular weight is 398 g/mol. The molecule has 1 saturated carbocycles. The molecule has 0 spiro atoms. The maximum absolute atomic E-state index is 13.1. The summed E-state index contributed by atoms with van der Waals surface area (Å²) in [4.78, 5) is 12.4. The first kappa shape index (κ1) is 19.5. The van der Waals surface area contributed by atoms with Crippen molar-refractivity contribution < 1.29 is 22.7 Å². The molecule has 144 valence electrons.